The van der Waals surface area contributed by atoms with Crippen LogP contribution in [0, 0.1) is 0 Å². The van der Waals surface area contributed by atoms with E-state index in [9.17, 15) is 9.59 Å². The molecule has 1 fully saturated rings. The van der Waals surface area contributed by atoms with Crippen molar-refractivity contribution in [2.75, 3.05) is 13.1 Å². The average molecular weight is 595 g/mol. The van der Waals surface area contributed by atoms with Crippen molar-refractivity contribution in [1.29, 1.82) is 0 Å². The second kappa shape index (κ2) is 14.6. The highest BCUT2D eigenvalue weighted by atomic mass is 16.5. The molecule has 3 unspecified atom stereocenters. The normalized spacial score (nSPS) is 16.9. The fourth-order valence-electron chi connectivity index (χ4n) is 6.45. The molecule has 1 saturated heterocycles. The monoisotopic (exact) mass is 594 g/mol. The van der Waals surface area contributed by atoms with Gasteiger partial charge in [0.1, 0.15) is 11.5 Å². The third-order valence-corrected chi connectivity index (χ3v) is 8.82. The molecule has 4 aromatic rings. The van der Waals surface area contributed by atoms with Crippen molar-refractivity contribution in [1.82, 2.24) is 9.47 Å². The molecule has 0 N–H and O–H groups in total. The minimum absolute atomic E-state index is 0.185. The largest absolute Gasteiger partial charge is 0.483 e. The zero-order chi connectivity index (χ0) is 30.9. The predicted octanol–water partition coefficient (Wildman–Crippen LogP) is 8.19. The molecule has 0 saturated carbocycles. The Morgan fingerprint density at radius 2 is 1.52 bits per heavy atom. The third-order valence-electron chi connectivity index (χ3n) is 8.82. The van der Waals surface area contributed by atoms with E-state index in [-0.39, 0.29) is 17.6 Å². The van der Waals surface area contributed by atoms with E-state index < -0.39 is 11.7 Å². The van der Waals surface area contributed by atoms with Gasteiger partial charge in [0.05, 0.1) is 0 Å². The molecule has 44 heavy (non-hydrogen) atoms. The molecule has 1 aliphatic heterocycles. The van der Waals surface area contributed by atoms with Gasteiger partial charge in [0.25, 0.3) is 5.91 Å². The van der Waals surface area contributed by atoms with Gasteiger partial charge in [-0.2, -0.15) is 0 Å². The molecule has 6 nitrogen and oxygen atoms in total. The van der Waals surface area contributed by atoms with Gasteiger partial charge in [0.15, 0.2) is 6.10 Å². The van der Waals surface area contributed by atoms with Crippen LogP contribution >= 0.6 is 0 Å². The fourth-order valence-corrected chi connectivity index (χ4v) is 6.45. The second-order valence-corrected chi connectivity index (χ2v) is 12.0. The molecule has 3 aromatic carbocycles. The van der Waals surface area contributed by atoms with Gasteiger partial charge < -0.3 is 18.9 Å². The van der Waals surface area contributed by atoms with E-state index in [4.69, 9.17) is 9.47 Å². The molecule has 3 atom stereocenters. The van der Waals surface area contributed by atoms with Crippen LogP contribution in [-0.4, -0.2) is 46.0 Å². The van der Waals surface area contributed by atoms with Crippen LogP contribution in [0.4, 0.5) is 0 Å². The number of hydrogen-bond donors (Lipinski definition) is 0. The number of amides is 1. The number of para-hydroxylation sites is 3. The molecule has 1 aliphatic rings. The second-order valence-electron chi connectivity index (χ2n) is 12.0. The first-order valence-corrected chi connectivity index (χ1v) is 16.3. The Labute approximate surface area is 262 Å². The number of carbonyl (C=O) groups excluding carboxylic acids is 2. The number of likely N-dealkylation sites (tertiary alicyclic amines) is 1. The summed E-state index contributed by atoms with van der Waals surface area (Å²) in [5, 5.41) is 1.25. The quantitative estimate of drug-likeness (QED) is 0.103. The van der Waals surface area contributed by atoms with E-state index in [0.29, 0.717) is 37.4 Å². The van der Waals surface area contributed by atoms with Crippen LogP contribution < -0.4 is 9.47 Å². The van der Waals surface area contributed by atoms with Crippen LogP contribution in [-0.2, 0) is 16.1 Å². The fraction of sp³-hybridized carbons (Fsp3) is 0.421. The van der Waals surface area contributed by atoms with E-state index in [2.05, 4.69) is 48.9 Å². The first-order chi connectivity index (χ1) is 21.5. The number of ether oxygens (including phenoxy) is 2. The Bertz CT molecular complexity index is 1520. The molecule has 0 spiro atoms. The van der Waals surface area contributed by atoms with E-state index in [1.165, 1.54) is 16.5 Å². The number of carbonyl (C=O) groups is 2. The molecule has 1 amide bonds. The summed E-state index contributed by atoms with van der Waals surface area (Å²) in [5.41, 5.74) is 0.832. The zero-order valence-corrected chi connectivity index (χ0v) is 26.4. The Morgan fingerprint density at radius 3 is 2.23 bits per heavy atom. The molecule has 0 aliphatic carbocycles. The van der Waals surface area contributed by atoms with Gasteiger partial charge in [-0.15, -0.1) is 0 Å². The molecular formula is C38H46N2O4. The van der Waals surface area contributed by atoms with Crippen LogP contribution in [0.25, 0.3) is 10.9 Å². The number of nitrogens with zero attached hydrogens (tertiary/aromatic N) is 2. The minimum Gasteiger partial charge on any atom is -0.483 e. The number of rotatable bonds is 15. The van der Waals surface area contributed by atoms with Gasteiger partial charge >= 0.3 is 0 Å². The number of fused-ring (bicyclic) bond motifs is 1. The number of ketones is 1. The number of benzene rings is 3. The molecule has 0 radical (unpaired) electrons. The van der Waals surface area contributed by atoms with Gasteiger partial charge in [-0.05, 0) is 62.1 Å². The molecule has 2 heterocycles. The first-order valence-electron chi connectivity index (χ1n) is 16.3. The molecule has 1 aromatic heterocycles. The van der Waals surface area contributed by atoms with Gasteiger partial charge in [-0.1, -0.05) is 87.7 Å². The Morgan fingerprint density at radius 1 is 0.864 bits per heavy atom. The summed E-state index contributed by atoms with van der Waals surface area (Å²) < 4.78 is 15.0. The van der Waals surface area contributed by atoms with E-state index in [0.717, 1.165) is 38.6 Å². The first kappa shape index (κ1) is 31.4. The predicted molar refractivity (Wildman–Crippen MR) is 176 cm³/mol. The van der Waals surface area contributed by atoms with Crippen molar-refractivity contribution in [3.63, 3.8) is 0 Å². The number of unbranched alkanes of at least 4 members (excludes halogenated alkanes) is 3. The summed E-state index contributed by atoms with van der Waals surface area (Å²) >= 11 is 0. The van der Waals surface area contributed by atoms with Gasteiger partial charge in [-0.3, -0.25) is 9.59 Å². The summed E-state index contributed by atoms with van der Waals surface area (Å²) in [4.78, 5) is 31.1. The standard InChI is InChI=1S/C38H46N2O4/c1-4-6-16-24-38(44-32-19-12-9-13-20-32,36(41)29(3)43-31-17-10-8-11-18-31)37(42)40-26-23-30(27-40)34-28-39(25-7-5-2)35-22-15-14-21-33(34)35/h8-15,17-22,28-30H,4-7,16,23-27H2,1-3H3. The molecule has 0 bridgehead atoms. The molecular weight excluding hydrogens is 548 g/mol. The topological polar surface area (TPSA) is 60.8 Å². The maximum absolute atomic E-state index is 14.8. The number of aromatic nitrogens is 1. The van der Waals surface area contributed by atoms with E-state index in [1.54, 1.807) is 6.92 Å². The third kappa shape index (κ3) is 6.85. The molecule has 5 rings (SSSR count). The lowest BCUT2D eigenvalue weighted by molar-refractivity contribution is -0.160. The highest BCUT2D eigenvalue weighted by molar-refractivity contribution is 6.11. The van der Waals surface area contributed by atoms with Crippen molar-refractivity contribution in [2.24, 2.45) is 0 Å². The van der Waals surface area contributed by atoms with Crippen LogP contribution in [0.3, 0.4) is 0 Å². The van der Waals surface area contributed by atoms with E-state index >= 15 is 0 Å². The van der Waals surface area contributed by atoms with Gasteiger partial charge in [0, 0.05) is 49.1 Å². The lowest BCUT2D eigenvalue weighted by Gasteiger charge is -2.36. The SMILES string of the molecule is CCCCCC(Oc1ccccc1)(C(=O)C(C)Oc1ccccc1)C(=O)N1CCC(c2cn(CCCC)c3ccccc23)C1. The Hall–Kier alpha value is -4.06. The van der Waals surface area contributed by atoms with Crippen LogP contribution in [0.15, 0.2) is 91.1 Å². The van der Waals surface area contributed by atoms with Crippen LogP contribution in [0.1, 0.15) is 77.2 Å². The van der Waals surface area contributed by atoms with Crippen molar-refractivity contribution in [2.45, 2.75) is 89.9 Å². The lowest BCUT2D eigenvalue weighted by Crippen LogP contribution is -2.60. The average Bonchev–Trinajstić information content (AvgIpc) is 3.69. The van der Waals surface area contributed by atoms with Crippen molar-refractivity contribution in [3.05, 3.63) is 96.7 Å². The Balaban J connectivity index is 1.47. The lowest BCUT2D eigenvalue weighted by atomic mass is 9.86. The number of hydrogen-bond acceptors (Lipinski definition) is 4. The smallest absolute Gasteiger partial charge is 0.274 e. The summed E-state index contributed by atoms with van der Waals surface area (Å²) in [6.07, 6.45) is 7.37. The van der Waals surface area contributed by atoms with Gasteiger partial charge in [0.2, 0.25) is 11.4 Å². The summed E-state index contributed by atoms with van der Waals surface area (Å²) in [5.74, 6) is 0.676. The van der Waals surface area contributed by atoms with E-state index in [1.807, 2.05) is 65.6 Å². The van der Waals surface area contributed by atoms with Crippen molar-refractivity contribution < 1.29 is 19.1 Å². The number of aryl methyl sites for hydroxylation is 1. The van der Waals surface area contributed by atoms with Gasteiger partial charge in [-0.25, -0.2) is 0 Å². The molecule has 232 valence electrons. The van der Waals surface area contributed by atoms with Crippen molar-refractivity contribution in [3.8, 4) is 11.5 Å². The Kier molecular flexibility index (Phi) is 10.4. The highest BCUT2D eigenvalue weighted by Crippen LogP contribution is 2.37. The minimum atomic E-state index is -1.69. The summed E-state index contributed by atoms with van der Waals surface area (Å²) in [7, 11) is 0. The van der Waals surface area contributed by atoms with Crippen LogP contribution in [0.5, 0.6) is 11.5 Å². The zero-order valence-electron chi connectivity index (χ0n) is 26.4. The maximum Gasteiger partial charge on any atom is 0.274 e. The maximum atomic E-state index is 14.8. The summed E-state index contributed by atoms with van der Waals surface area (Å²) in [6, 6.07) is 27.1. The highest BCUT2D eigenvalue weighted by Gasteiger charge is 2.53. The van der Waals surface area contributed by atoms with Crippen molar-refractivity contribution >= 4 is 22.6 Å². The summed E-state index contributed by atoms with van der Waals surface area (Å²) in [6.45, 7) is 8.16. The van der Waals surface area contributed by atoms with Crippen LogP contribution in [0.2, 0.25) is 0 Å². The molecule has 6 heteroatoms. The number of Topliss-reactive ketones (excluding diaryl/α,β-unsaturated/α-hetero) is 1.